The molecule has 210 valence electrons. The lowest BCUT2D eigenvalue weighted by molar-refractivity contribution is -0.143. The van der Waals surface area contributed by atoms with E-state index in [0.29, 0.717) is 34.9 Å². The molecule has 1 aromatic heterocycles. The SMILES string of the molecule is CC[C@@H](C)N(CCC(=O)Nc1nnc(-c2cccc(OC)c2)s1)C(=O)c1cc(C(F)(F)F)cc(C(F)(F)F)c1. The summed E-state index contributed by atoms with van der Waals surface area (Å²) in [5, 5.41) is 11.2. The highest BCUT2D eigenvalue weighted by molar-refractivity contribution is 7.18. The molecule has 0 aliphatic heterocycles. The molecule has 1 heterocycles. The summed E-state index contributed by atoms with van der Waals surface area (Å²) in [5.41, 5.74) is -3.25. The van der Waals surface area contributed by atoms with Gasteiger partial charge in [0.25, 0.3) is 5.91 Å². The number of amides is 2. The van der Waals surface area contributed by atoms with Gasteiger partial charge in [-0.3, -0.25) is 9.59 Å². The number of anilines is 1. The van der Waals surface area contributed by atoms with E-state index in [2.05, 4.69) is 15.5 Å². The van der Waals surface area contributed by atoms with E-state index in [1.165, 1.54) is 7.11 Å². The number of rotatable bonds is 9. The zero-order valence-electron chi connectivity index (χ0n) is 21.0. The molecule has 3 aromatic rings. The minimum Gasteiger partial charge on any atom is -0.497 e. The van der Waals surface area contributed by atoms with Crippen molar-refractivity contribution in [2.45, 2.75) is 45.1 Å². The third-order valence-corrected chi connectivity index (χ3v) is 6.67. The second kappa shape index (κ2) is 12.0. The van der Waals surface area contributed by atoms with Gasteiger partial charge in [-0.1, -0.05) is 30.4 Å². The molecule has 1 N–H and O–H groups in total. The lowest BCUT2D eigenvalue weighted by atomic mass is 10.0. The Kier molecular flexibility index (Phi) is 9.20. The Labute approximate surface area is 223 Å². The molecule has 0 bridgehead atoms. The predicted octanol–water partition coefficient (Wildman–Crippen LogP) is 6.52. The fourth-order valence-electron chi connectivity index (χ4n) is 3.54. The number of carbonyl (C=O) groups excluding carboxylic acids is 2. The van der Waals surface area contributed by atoms with Crippen LogP contribution < -0.4 is 10.1 Å². The number of halogens is 6. The number of aromatic nitrogens is 2. The van der Waals surface area contributed by atoms with Crippen LogP contribution in [0.3, 0.4) is 0 Å². The highest BCUT2D eigenvalue weighted by Crippen LogP contribution is 2.37. The van der Waals surface area contributed by atoms with Crippen LogP contribution in [0.2, 0.25) is 0 Å². The maximum absolute atomic E-state index is 13.3. The van der Waals surface area contributed by atoms with Crippen molar-refractivity contribution in [3.8, 4) is 16.3 Å². The average Bonchev–Trinajstić information content (AvgIpc) is 3.35. The highest BCUT2D eigenvalue weighted by Gasteiger charge is 2.38. The van der Waals surface area contributed by atoms with Gasteiger partial charge in [0.2, 0.25) is 11.0 Å². The number of benzene rings is 2. The van der Waals surface area contributed by atoms with E-state index in [1.54, 1.807) is 38.1 Å². The number of hydrogen-bond donors (Lipinski definition) is 1. The van der Waals surface area contributed by atoms with E-state index in [4.69, 9.17) is 4.74 Å². The highest BCUT2D eigenvalue weighted by atomic mass is 32.1. The van der Waals surface area contributed by atoms with Crippen LogP contribution in [0.1, 0.15) is 48.2 Å². The fourth-order valence-corrected chi connectivity index (χ4v) is 4.29. The Morgan fingerprint density at radius 3 is 2.23 bits per heavy atom. The Morgan fingerprint density at radius 2 is 1.67 bits per heavy atom. The summed E-state index contributed by atoms with van der Waals surface area (Å²) in [6.45, 7) is 3.03. The first-order chi connectivity index (χ1) is 18.2. The van der Waals surface area contributed by atoms with Gasteiger partial charge in [-0.15, -0.1) is 10.2 Å². The molecule has 2 amide bonds. The van der Waals surface area contributed by atoms with Crippen LogP contribution in [0.4, 0.5) is 31.5 Å². The van der Waals surface area contributed by atoms with Crippen molar-refractivity contribution >= 4 is 28.3 Å². The third kappa shape index (κ3) is 7.68. The number of hydrogen-bond acceptors (Lipinski definition) is 6. The second-order valence-corrected chi connectivity index (χ2v) is 9.47. The molecule has 14 heteroatoms. The van der Waals surface area contributed by atoms with E-state index in [1.807, 2.05) is 0 Å². The van der Waals surface area contributed by atoms with Crippen LogP contribution in [0.25, 0.3) is 10.6 Å². The van der Waals surface area contributed by atoms with Gasteiger partial charge in [-0.25, -0.2) is 0 Å². The number of methoxy groups -OCH3 is 1. The summed E-state index contributed by atoms with van der Waals surface area (Å²) < 4.78 is 84.8. The minimum absolute atomic E-state index is 0.0420. The van der Waals surface area contributed by atoms with Crippen molar-refractivity contribution in [1.82, 2.24) is 15.1 Å². The Bertz CT molecular complexity index is 1290. The summed E-state index contributed by atoms with van der Waals surface area (Å²) in [4.78, 5) is 26.8. The Hall–Kier alpha value is -3.68. The van der Waals surface area contributed by atoms with E-state index < -0.39 is 46.9 Å². The molecule has 0 aliphatic carbocycles. The maximum atomic E-state index is 13.3. The standard InChI is InChI=1S/C25H24F6N4O3S/c1-4-14(2)35(22(37)16-10-17(24(26,27)28)13-18(11-16)25(29,30)31)9-8-20(36)32-23-34-33-21(39-23)15-6-5-7-19(12-15)38-3/h5-7,10-14H,4,8-9H2,1-3H3,(H,32,34,36)/t14-/m1/s1. The summed E-state index contributed by atoms with van der Waals surface area (Å²) in [6, 6.07) is 7.18. The first kappa shape index (κ1) is 29.9. The first-order valence-corrected chi connectivity index (χ1v) is 12.4. The summed E-state index contributed by atoms with van der Waals surface area (Å²) in [7, 11) is 1.51. The van der Waals surface area contributed by atoms with Gasteiger partial charge in [-0.2, -0.15) is 26.3 Å². The van der Waals surface area contributed by atoms with E-state index in [9.17, 15) is 35.9 Å². The lowest BCUT2D eigenvalue weighted by Crippen LogP contribution is -2.40. The van der Waals surface area contributed by atoms with Crippen molar-refractivity contribution < 1.29 is 40.7 Å². The summed E-state index contributed by atoms with van der Waals surface area (Å²) in [6.07, 6.45) is -10.1. The molecule has 0 radical (unpaired) electrons. The quantitative estimate of drug-likeness (QED) is 0.294. The van der Waals surface area contributed by atoms with Crippen LogP contribution in [-0.4, -0.2) is 46.6 Å². The molecule has 2 aromatic carbocycles. The Morgan fingerprint density at radius 1 is 1.03 bits per heavy atom. The van der Waals surface area contributed by atoms with Crippen molar-refractivity contribution in [1.29, 1.82) is 0 Å². The van der Waals surface area contributed by atoms with Crippen molar-refractivity contribution in [2.75, 3.05) is 19.0 Å². The molecule has 0 fully saturated rings. The van der Waals surface area contributed by atoms with Gasteiger partial charge in [0, 0.05) is 30.1 Å². The smallest absolute Gasteiger partial charge is 0.416 e. The molecule has 0 aliphatic rings. The molecular weight excluding hydrogens is 550 g/mol. The number of alkyl halides is 6. The molecule has 7 nitrogen and oxygen atoms in total. The molecule has 0 unspecified atom stereocenters. The second-order valence-electron chi connectivity index (χ2n) is 8.49. The molecule has 0 saturated carbocycles. The van der Waals surface area contributed by atoms with Gasteiger partial charge in [-0.05, 0) is 43.7 Å². The van der Waals surface area contributed by atoms with Gasteiger partial charge in [0.05, 0.1) is 18.2 Å². The number of nitrogens with one attached hydrogen (secondary N) is 1. The normalized spacial score (nSPS) is 12.6. The van der Waals surface area contributed by atoms with Crippen LogP contribution in [0.15, 0.2) is 42.5 Å². The zero-order chi connectivity index (χ0) is 29.0. The van der Waals surface area contributed by atoms with Crippen LogP contribution in [0.5, 0.6) is 5.75 Å². The number of carbonyl (C=O) groups is 2. The average molecular weight is 575 g/mol. The molecule has 1 atom stereocenters. The van der Waals surface area contributed by atoms with Gasteiger partial charge >= 0.3 is 12.4 Å². The summed E-state index contributed by atoms with van der Waals surface area (Å²) in [5.74, 6) is -1.01. The fraction of sp³-hybridized carbons (Fsp3) is 0.360. The maximum Gasteiger partial charge on any atom is 0.416 e. The molecule has 3 rings (SSSR count). The van der Waals surface area contributed by atoms with Crippen molar-refractivity contribution in [3.63, 3.8) is 0 Å². The molecule has 39 heavy (non-hydrogen) atoms. The first-order valence-electron chi connectivity index (χ1n) is 11.6. The zero-order valence-corrected chi connectivity index (χ0v) is 21.8. The summed E-state index contributed by atoms with van der Waals surface area (Å²) >= 11 is 1.09. The van der Waals surface area contributed by atoms with Crippen LogP contribution in [0, 0.1) is 0 Å². The number of nitrogens with zero attached hydrogens (tertiary/aromatic N) is 3. The molecule has 0 saturated heterocycles. The number of ether oxygens (including phenoxy) is 1. The van der Waals surface area contributed by atoms with Crippen molar-refractivity contribution in [3.05, 3.63) is 59.2 Å². The largest absolute Gasteiger partial charge is 0.497 e. The van der Waals surface area contributed by atoms with E-state index in [0.717, 1.165) is 16.2 Å². The topological polar surface area (TPSA) is 84.4 Å². The third-order valence-electron chi connectivity index (χ3n) is 5.79. The van der Waals surface area contributed by atoms with E-state index >= 15 is 0 Å². The monoisotopic (exact) mass is 574 g/mol. The Balaban J connectivity index is 1.76. The van der Waals surface area contributed by atoms with Gasteiger partial charge in [0.15, 0.2) is 0 Å². The lowest BCUT2D eigenvalue weighted by Gasteiger charge is -2.29. The van der Waals surface area contributed by atoms with Crippen LogP contribution >= 0.6 is 11.3 Å². The minimum atomic E-state index is -5.09. The van der Waals surface area contributed by atoms with E-state index in [-0.39, 0.29) is 24.2 Å². The van der Waals surface area contributed by atoms with Crippen molar-refractivity contribution in [2.24, 2.45) is 0 Å². The van der Waals surface area contributed by atoms with Gasteiger partial charge in [0.1, 0.15) is 10.8 Å². The van der Waals surface area contributed by atoms with Crippen LogP contribution in [-0.2, 0) is 17.1 Å². The molecule has 0 spiro atoms. The molecular formula is C25H24F6N4O3S. The van der Waals surface area contributed by atoms with Gasteiger partial charge < -0.3 is 15.0 Å². The predicted molar refractivity (Wildman–Crippen MR) is 132 cm³/mol.